The number of halogens is 2. The largest absolute Gasteiger partial charge is 0.342 e. The van der Waals surface area contributed by atoms with Gasteiger partial charge in [-0.05, 0) is 37.6 Å². The number of carbonyl (C=O) groups is 1. The molecule has 0 bridgehead atoms. The molecule has 1 saturated carbocycles. The minimum atomic E-state index is -2.56. The number of carbonyl (C=O) groups excluding carboxylic acids is 1. The molecule has 1 amide bonds. The highest BCUT2D eigenvalue weighted by atomic mass is 19.3. The second-order valence-electron chi connectivity index (χ2n) is 6.47. The molecular weight excluding hydrogens is 250 g/mol. The Hall–Kier alpha value is -0.710. The van der Waals surface area contributed by atoms with E-state index in [4.69, 9.17) is 5.73 Å². The van der Waals surface area contributed by atoms with Gasteiger partial charge in [-0.2, -0.15) is 0 Å². The van der Waals surface area contributed by atoms with E-state index in [1.54, 1.807) is 0 Å². The SMILES string of the molecule is CC1(CN)CCN(C(=O)C2CCC(F)(F)CC2)CC1. The first-order valence-corrected chi connectivity index (χ1v) is 7.22. The molecule has 2 fully saturated rings. The predicted octanol–water partition coefficient (Wildman–Crippen LogP) is 2.40. The van der Waals surface area contributed by atoms with E-state index in [0.717, 1.165) is 25.9 Å². The van der Waals surface area contributed by atoms with Gasteiger partial charge in [0.05, 0.1) is 0 Å². The second-order valence-corrected chi connectivity index (χ2v) is 6.47. The third-order valence-electron chi connectivity index (χ3n) is 4.84. The summed E-state index contributed by atoms with van der Waals surface area (Å²) in [7, 11) is 0. The zero-order chi connectivity index (χ0) is 14.1. The van der Waals surface area contributed by atoms with Gasteiger partial charge in [0.15, 0.2) is 0 Å². The highest BCUT2D eigenvalue weighted by Gasteiger charge is 2.40. The van der Waals surface area contributed by atoms with Gasteiger partial charge in [-0.3, -0.25) is 4.79 Å². The molecule has 2 N–H and O–H groups in total. The lowest BCUT2D eigenvalue weighted by atomic mass is 9.79. The molecule has 0 unspecified atom stereocenters. The van der Waals surface area contributed by atoms with Gasteiger partial charge in [-0.25, -0.2) is 8.78 Å². The van der Waals surface area contributed by atoms with Crippen molar-refractivity contribution in [2.45, 2.75) is 51.4 Å². The Morgan fingerprint density at radius 1 is 1.21 bits per heavy atom. The number of piperidine rings is 1. The molecule has 0 radical (unpaired) electrons. The van der Waals surface area contributed by atoms with Crippen LogP contribution in [0.1, 0.15) is 45.4 Å². The van der Waals surface area contributed by atoms with Gasteiger partial charge in [0.25, 0.3) is 0 Å². The van der Waals surface area contributed by atoms with Gasteiger partial charge < -0.3 is 10.6 Å². The second kappa shape index (κ2) is 5.35. The van der Waals surface area contributed by atoms with E-state index in [2.05, 4.69) is 6.92 Å². The Kier molecular flexibility index (Phi) is 4.14. The topological polar surface area (TPSA) is 46.3 Å². The van der Waals surface area contributed by atoms with Crippen LogP contribution in [0.4, 0.5) is 8.78 Å². The number of likely N-dealkylation sites (tertiary alicyclic amines) is 1. The Morgan fingerprint density at radius 2 is 1.74 bits per heavy atom. The van der Waals surface area contributed by atoms with Crippen molar-refractivity contribution < 1.29 is 13.6 Å². The van der Waals surface area contributed by atoms with Crippen molar-refractivity contribution >= 4 is 5.91 Å². The summed E-state index contributed by atoms with van der Waals surface area (Å²) in [6.07, 6.45) is 2.21. The number of hydrogen-bond acceptors (Lipinski definition) is 2. The standard InChI is InChI=1S/C14H24F2N2O/c1-13(10-17)6-8-18(9-7-13)12(19)11-2-4-14(15,16)5-3-11/h11H,2-10,17H2,1H3. The van der Waals surface area contributed by atoms with Crippen molar-refractivity contribution in [1.82, 2.24) is 4.90 Å². The molecular formula is C14H24F2N2O. The maximum absolute atomic E-state index is 13.1. The third-order valence-corrected chi connectivity index (χ3v) is 4.84. The zero-order valence-corrected chi connectivity index (χ0v) is 11.6. The quantitative estimate of drug-likeness (QED) is 0.840. The fourth-order valence-electron chi connectivity index (χ4n) is 3.02. The van der Waals surface area contributed by atoms with E-state index in [9.17, 15) is 13.6 Å². The highest BCUT2D eigenvalue weighted by Crippen LogP contribution is 2.38. The normalized spacial score (nSPS) is 27.3. The smallest absolute Gasteiger partial charge is 0.248 e. The number of hydrogen-bond donors (Lipinski definition) is 1. The monoisotopic (exact) mass is 274 g/mol. The molecule has 110 valence electrons. The van der Waals surface area contributed by atoms with Crippen LogP contribution in [0.15, 0.2) is 0 Å². The maximum atomic E-state index is 13.1. The summed E-state index contributed by atoms with van der Waals surface area (Å²) in [4.78, 5) is 14.2. The van der Waals surface area contributed by atoms with Crippen LogP contribution in [0.3, 0.4) is 0 Å². The van der Waals surface area contributed by atoms with E-state index in [-0.39, 0.29) is 30.1 Å². The van der Waals surface area contributed by atoms with Crippen molar-refractivity contribution in [1.29, 1.82) is 0 Å². The molecule has 0 aromatic heterocycles. The number of nitrogens with zero attached hydrogens (tertiary/aromatic N) is 1. The molecule has 2 rings (SSSR count). The molecule has 1 saturated heterocycles. The number of rotatable bonds is 2. The number of amides is 1. The van der Waals surface area contributed by atoms with E-state index < -0.39 is 5.92 Å². The van der Waals surface area contributed by atoms with Crippen LogP contribution < -0.4 is 5.73 Å². The van der Waals surface area contributed by atoms with Gasteiger partial charge >= 0.3 is 0 Å². The lowest BCUT2D eigenvalue weighted by Gasteiger charge is -2.40. The van der Waals surface area contributed by atoms with Crippen molar-refractivity contribution in [3.63, 3.8) is 0 Å². The summed E-state index contributed by atoms with van der Waals surface area (Å²) in [6, 6.07) is 0. The van der Waals surface area contributed by atoms with Crippen molar-refractivity contribution in [2.75, 3.05) is 19.6 Å². The molecule has 19 heavy (non-hydrogen) atoms. The van der Waals surface area contributed by atoms with Gasteiger partial charge in [-0.1, -0.05) is 6.92 Å². The third kappa shape index (κ3) is 3.44. The van der Waals surface area contributed by atoms with E-state index in [1.807, 2.05) is 4.90 Å². The van der Waals surface area contributed by atoms with Crippen molar-refractivity contribution in [3.05, 3.63) is 0 Å². The van der Waals surface area contributed by atoms with Crippen LogP contribution in [0.5, 0.6) is 0 Å². The molecule has 2 aliphatic rings. The van der Waals surface area contributed by atoms with E-state index in [0.29, 0.717) is 19.4 Å². The fraction of sp³-hybridized carbons (Fsp3) is 0.929. The molecule has 0 spiro atoms. The first-order chi connectivity index (χ1) is 8.85. The Labute approximate surface area is 113 Å². The Bertz CT molecular complexity index is 328. The van der Waals surface area contributed by atoms with E-state index in [1.165, 1.54) is 0 Å². The summed E-state index contributed by atoms with van der Waals surface area (Å²) in [5, 5.41) is 0. The molecule has 5 heteroatoms. The average molecular weight is 274 g/mol. The molecule has 0 aromatic carbocycles. The maximum Gasteiger partial charge on any atom is 0.248 e. The summed E-state index contributed by atoms with van der Waals surface area (Å²) in [6.45, 7) is 4.24. The van der Waals surface area contributed by atoms with Crippen molar-refractivity contribution in [3.8, 4) is 0 Å². The molecule has 0 atom stereocenters. The highest BCUT2D eigenvalue weighted by molar-refractivity contribution is 5.79. The summed E-state index contributed by atoms with van der Waals surface area (Å²) in [5.74, 6) is -2.67. The predicted molar refractivity (Wildman–Crippen MR) is 69.9 cm³/mol. The minimum absolute atomic E-state index is 0.0783. The summed E-state index contributed by atoms with van der Waals surface area (Å²) < 4.78 is 26.2. The Balaban J connectivity index is 1.85. The fourth-order valence-corrected chi connectivity index (χ4v) is 3.02. The summed E-state index contributed by atoms with van der Waals surface area (Å²) >= 11 is 0. The van der Waals surface area contributed by atoms with Crippen molar-refractivity contribution in [2.24, 2.45) is 17.1 Å². The van der Waals surface area contributed by atoms with Crippen LogP contribution in [0.2, 0.25) is 0 Å². The molecule has 1 heterocycles. The van der Waals surface area contributed by atoms with Crippen LogP contribution in [0.25, 0.3) is 0 Å². The lowest BCUT2D eigenvalue weighted by Crippen LogP contribution is -2.47. The van der Waals surface area contributed by atoms with Crippen LogP contribution in [-0.4, -0.2) is 36.4 Å². The molecule has 3 nitrogen and oxygen atoms in total. The lowest BCUT2D eigenvalue weighted by molar-refractivity contribution is -0.141. The van der Waals surface area contributed by atoms with Crippen LogP contribution in [0, 0.1) is 11.3 Å². The van der Waals surface area contributed by atoms with Crippen LogP contribution >= 0.6 is 0 Å². The molecule has 1 aliphatic heterocycles. The average Bonchev–Trinajstić information content (AvgIpc) is 2.39. The minimum Gasteiger partial charge on any atom is -0.342 e. The first-order valence-electron chi connectivity index (χ1n) is 7.22. The van der Waals surface area contributed by atoms with Gasteiger partial charge in [0, 0.05) is 31.8 Å². The number of nitrogens with two attached hydrogens (primary N) is 1. The van der Waals surface area contributed by atoms with Gasteiger partial charge in [0.2, 0.25) is 11.8 Å². The van der Waals surface area contributed by atoms with Gasteiger partial charge in [0.1, 0.15) is 0 Å². The zero-order valence-electron chi connectivity index (χ0n) is 11.6. The van der Waals surface area contributed by atoms with Crippen LogP contribution in [-0.2, 0) is 4.79 Å². The number of alkyl halides is 2. The Morgan fingerprint density at radius 3 is 2.21 bits per heavy atom. The molecule has 1 aliphatic carbocycles. The first kappa shape index (κ1) is 14.7. The molecule has 0 aromatic rings. The van der Waals surface area contributed by atoms with Gasteiger partial charge in [-0.15, -0.1) is 0 Å². The summed E-state index contributed by atoms with van der Waals surface area (Å²) in [5.41, 5.74) is 5.88. The van der Waals surface area contributed by atoms with E-state index >= 15 is 0 Å².